The molecular formula is C22H14FNO3S. The van der Waals surface area contributed by atoms with Crippen LogP contribution in [0.3, 0.4) is 0 Å². The third-order valence-electron chi connectivity index (χ3n) is 3.84. The minimum atomic E-state index is -0.692. The summed E-state index contributed by atoms with van der Waals surface area (Å²) in [6.07, 6.45) is 0. The van der Waals surface area contributed by atoms with Gasteiger partial charge in [-0.25, -0.2) is 9.18 Å². The van der Waals surface area contributed by atoms with Crippen molar-refractivity contribution in [2.24, 2.45) is 0 Å². The van der Waals surface area contributed by atoms with Crippen LogP contribution < -0.4 is 0 Å². The first kappa shape index (κ1) is 19.3. The second kappa shape index (κ2) is 8.98. The average Bonchev–Trinajstić information content (AvgIpc) is 2.73. The fraction of sp³-hybridized carbons (Fsp3) is 0.0455. The highest BCUT2D eigenvalue weighted by Gasteiger charge is 2.18. The standard InChI is InChI=1S/C22H14FNO3S/c23-18-10-4-2-8-16(18)19(25)14-27-22(26)17-9-3-6-12-21(17)28-20-11-5-1-7-15(20)13-24/h1-12H,14H2. The zero-order valence-corrected chi connectivity index (χ0v) is 15.4. The lowest BCUT2D eigenvalue weighted by molar-refractivity contribution is 0.0470. The fourth-order valence-electron chi connectivity index (χ4n) is 2.46. The Kier molecular flexibility index (Phi) is 6.20. The molecule has 6 heteroatoms. The van der Waals surface area contributed by atoms with Crippen molar-refractivity contribution in [2.75, 3.05) is 6.61 Å². The van der Waals surface area contributed by atoms with E-state index >= 15 is 0 Å². The number of Topliss-reactive ketones (excluding diaryl/α,β-unsaturated/α-hetero) is 1. The molecule has 138 valence electrons. The van der Waals surface area contributed by atoms with Crippen LogP contribution in [-0.4, -0.2) is 18.4 Å². The predicted octanol–water partition coefficient (Wildman–Crippen LogP) is 4.89. The molecule has 0 atom stereocenters. The van der Waals surface area contributed by atoms with Crippen molar-refractivity contribution in [3.63, 3.8) is 0 Å². The molecule has 0 aliphatic carbocycles. The molecule has 3 aromatic rings. The van der Waals surface area contributed by atoms with Gasteiger partial charge in [-0.2, -0.15) is 5.26 Å². The quantitative estimate of drug-likeness (QED) is 0.442. The maximum atomic E-state index is 13.7. The molecule has 0 aliphatic rings. The lowest BCUT2D eigenvalue weighted by atomic mass is 10.1. The highest BCUT2D eigenvalue weighted by molar-refractivity contribution is 7.99. The first-order chi connectivity index (χ1) is 13.6. The summed E-state index contributed by atoms with van der Waals surface area (Å²) in [5.41, 5.74) is 0.632. The molecule has 0 unspecified atom stereocenters. The Hall–Kier alpha value is -3.43. The van der Waals surface area contributed by atoms with Gasteiger partial charge in [0.1, 0.15) is 11.9 Å². The number of nitriles is 1. The summed E-state index contributed by atoms with van der Waals surface area (Å²) < 4.78 is 18.8. The van der Waals surface area contributed by atoms with Crippen LogP contribution in [0.5, 0.6) is 0 Å². The third-order valence-corrected chi connectivity index (χ3v) is 4.99. The summed E-state index contributed by atoms with van der Waals surface area (Å²) >= 11 is 1.26. The first-order valence-electron chi connectivity index (χ1n) is 8.31. The maximum absolute atomic E-state index is 13.7. The van der Waals surface area contributed by atoms with E-state index in [1.54, 1.807) is 48.5 Å². The van der Waals surface area contributed by atoms with Gasteiger partial charge in [-0.1, -0.05) is 48.2 Å². The Bertz CT molecular complexity index is 1080. The SMILES string of the molecule is N#Cc1ccccc1Sc1ccccc1C(=O)OCC(=O)c1ccccc1F. The molecule has 0 amide bonds. The number of halogens is 1. The Balaban J connectivity index is 1.75. The normalized spacial score (nSPS) is 10.1. The number of esters is 1. The van der Waals surface area contributed by atoms with Gasteiger partial charge in [0.15, 0.2) is 6.61 Å². The molecule has 0 aliphatic heterocycles. The zero-order valence-electron chi connectivity index (χ0n) is 14.6. The summed E-state index contributed by atoms with van der Waals surface area (Å²) in [6, 6.07) is 21.4. The Morgan fingerprint density at radius 1 is 0.893 bits per heavy atom. The Morgan fingerprint density at radius 3 is 2.21 bits per heavy atom. The van der Waals surface area contributed by atoms with Crippen molar-refractivity contribution in [3.05, 3.63) is 95.3 Å². The van der Waals surface area contributed by atoms with Crippen LogP contribution in [0.25, 0.3) is 0 Å². The predicted molar refractivity (Wildman–Crippen MR) is 103 cm³/mol. The molecule has 0 aromatic heterocycles. The van der Waals surface area contributed by atoms with E-state index in [9.17, 15) is 19.2 Å². The van der Waals surface area contributed by atoms with Gasteiger partial charge in [-0.3, -0.25) is 4.79 Å². The highest BCUT2D eigenvalue weighted by atomic mass is 32.2. The second-order valence-corrected chi connectivity index (χ2v) is 6.77. The van der Waals surface area contributed by atoms with E-state index < -0.39 is 24.2 Å². The lowest BCUT2D eigenvalue weighted by Crippen LogP contribution is -2.15. The summed E-state index contributed by atoms with van der Waals surface area (Å²) in [7, 11) is 0. The van der Waals surface area contributed by atoms with Gasteiger partial charge in [0.25, 0.3) is 0 Å². The molecule has 0 spiro atoms. The summed E-state index contributed by atoms with van der Waals surface area (Å²) in [5, 5.41) is 9.23. The molecule has 0 radical (unpaired) electrons. The number of hydrogen-bond donors (Lipinski definition) is 0. The zero-order chi connectivity index (χ0) is 19.9. The maximum Gasteiger partial charge on any atom is 0.339 e. The number of carbonyl (C=O) groups excluding carboxylic acids is 2. The molecule has 3 aromatic carbocycles. The van der Waals surface area contributed by atoms with Crippen molar-refractivity contribution in [3.8, 4) is 6.07 Å². The lowest BCUT2D eigenvalue weighted by Gasteiger charge is -2.10. The van der Waals surface area contributed by atoms with Crippen LogP contribution in [0.4, 0.5) is 4.39 Å². The van der Waals surface area contributed by atoms with Gasteiger partial charge in [-0.05, 0) is 36.4 Å². The average molecular weight is 391 g/mol. The van der Waals surface area contributed by atoms with E-state index in [1.807, 2.05) is 0 Å². The van der Waals surface area contributed by atoms with Crippen molar-refractivity contribution < 1.29 is 18.7 Å². The van der Waals surface area contributed by atoms with Gasteiger partial charge in [0, 0.05) is 9.79 Å². The van der Waals surface area contributed by atoms with Crippen LogP contribution in [0.1, 0.15) is 26.3 Å². The van der Waals surface area contributed by atoms with Crippen LogP contribution >= 0.6 is 11.8 Å². The van der Waals surface area contributed by atoms with E-state index in [2.05, 4.69) is 6.07 Å². The van der Waals surface area contributed by atoms with Gasteiger partial charge in [0.05, 0.1) is 16.7 Å². The largest absolute Gasteiger partial charge is 0.454 e. The van der Waals surface area contributed by atoms with E-state index in [0.717, 1.165) is 0 Å². The minimum absolute atomic E-state index is 0.124. The Morgan fingerprint density at radius 2 is 1.50 bits per heavy atom. The summed E-state index contributed by atoms with van der Waals surface area (Å²) in [5.74, 6) is -1.97. The van der Waals surface area contributed by atoms with Gasteiger partial charge >= 0.3 is 5.97 Å². The fourth-order valence-corrected chi connectivity index (χ4v) is 3.48. The smallest absolute Gasteiger partial charge is 0.339 e. The number of nitrogens with zero attached hydrogens (tertiary/aromatic N) is 1. The number of hydrogen-bond acceptors (Lipinski definition) is 5. The monoisotopic (exact) mass is 391 g/mol. The molecule has 0 N–H and O–H groups in total. The van der Waals surface area contributed by atoms with Crippen molar-refractivity contribution in [2.45, 2.75) is 9.79 Å². The van der Waals surface area contributed by atoms with Crippen LogP contribution in [0, 0.1) is 17.1 Å². The summed E-state index contributed by atoms with van der Waals surface area (Å²) in [6.45, 7) is -0.562. The van der Waals surface area contributed by atoms with E-state index in [0.29, 0.717) is 15.4 Å². The summed E-state index contributed by atoms with van der Waals surface area (Å²) in [4.78, 5) is 25.9. The van der Waals surface area contributed by atoms with E-state index in [-0.39, 0.29) is 11.1 Å². The molecule has 4 nitrogen and oxygen atoms in total. The van der Waals surface area contributed by atoms with Crippen LogP contribution in [0.15, 0.2) is 82.6 Å². The highest BCUT2D eigenvalue weighted by Crippen LogP contribution is 2.32. The van der Waals surface area contributed by atoms with Crippen molar-refractivity contribution in [1.82, 2.24) is 0 Å². The van der Waals surface area contributed by atoms with E-state index in [1.165, 1.54) is 36.0 Å². The van der Waals surface area contributed by atoms with Crippen molar-refractivity contribution >= 4 is 23.5 Å². The number of ketones is 1. The van der Waals surface area contributed by atoms with Crippen LogP contribution in [-0.2, 0) is 4.74 Å². The molecule has 0 saturated heterocycles. The van der Waals surface area contributed by atoms with Gasteiger partial charge in [-0.15, -0.1) is 0 Å². The molecular weight excluding hydrogens is 377 g/mol. The number of rotatable bonds is 6. The van der Waals surface area contributed by atoms with Crippen LogP contribution in [0.2, 0.25) is 0 Å². The van der Waals surface area contributed by atoms with Gasteiger partial charge in [0.2, 0.25) is 5.78 Å². The number of carbonyl (C=O) groups is 2. The molecule has 0 fully saturated rings. The second-order valence-electron chi connectivity index (χ2n) is 5.69. The first-order valence-corrected chi connectivity index (χ1v) is 9.12. The topological polar surface area (TPSA) is 67.2 Å². The number of ether oxygens (including phenoxy) is 1. The molecule has 0 bridgehead atoms. The molecule has 3 rings (SSSR count). The third kappa shape index (κ3) is 4.45. The van der Waals surface area contributed by atoms with Crippen molar-refractivity contribution in [1.29, 1.82) is 5.26 Å². The van der Waals surface area contributed by atoms with Gasteiger partial charge < -0.3 is 4.74 Å². The van der Waals surface area contributed by atoms with E-state index in [4.69, 9.17) is 4.74 Å². The molecule has 28 heavy (non-hydrogen) atoms. The Labute approximate surface area is 165 Å². The molecule has 0 heterocycles. The number of benzene rings is 3. The minimum Gasteiger partial charge on any atom is -0.454 e. The molecule has 0 saturated carbocycles.